The molecule has 1 heterocycles. The summed E-state index contributed by atoms with van der Waals surface area (Å²) in [5, 5.41) is 9.75. The minimum Gasteiger partial charge on any atom is -0.383 e. The van der Waals surface area contributed by atoms with Crippen LogP contribution in [0.4, 0.5) is 24.5 Å². The van der Waals surface area contributed by atoms with Gasteiger partial charge in [0.15, 0.2) is 5.17 Å². The summed E-state index contributed by atoms with van der Waals surface area (Å²) >= 11 is 1.70. The number of aliphatic imine (C=N–C) groups is 2. The van der Waals surface area contributed by atoms with Crippen LogP contribution in [-0.2, 0) is 6.18 Å². The molecule has 3 aromatic rings. The fraction of sp³-hybridized carbons (Fsp3) is 0.241. The van der Waals surface area contributed by atoms with Gasteiger partial charge in [0.25, 0.3) is 0 Å². The molecule has 1 saturated heterocycles. The number of benzene rings is 3. The zero-order valence-corrected chi connectivity index (χ0v) is 22.5. The zero-order valence-electron chi connectivity index (χ0n) is 21.6. The van der Waals surface area contributed by atoms with E-state index in [0.717, 1.165) is 41.6 Å². The van der Waals surface area contributed by atoms with Crippen molar-refractivity contribution in [1.82, 2.24) is 0 Å². The number of para-hydroxylation sites is 1. The average molecular weight is 551 g/mol. The third-order valence-corrected chi connectivity index (χ3v) is 7.05. The summed E-state index contributed by atoms with van der Waals surface area (Å²) in [5.74, 6) is 1.64. The molecule has 202 valence electrons. The van der Waals surface area contributed by atoms with Gasteiger partial charge in [0, 0.05) is 23.5 Å². The number of thioether (sulfide) groups is 1. The van der Waals surface area contributed by atoms with Crippen LogP contribution in [0.25, 0.3) is 0 Å². The van der Waals surface area contributed by atoms with Gasteiger partial charge in [0.05, 0.1) is 17.5 Å². The van der Waals surface area contributed by atoms with Gasteiger partial charge < -0.3 is 10.6 Å². The molecule has 0 amide bonds. The van der Waals surface area contributed by atoms with E-state index in [0.29, 0.717) is 17.2 Å². The van der Waals surface area contributed by atoms with Gasteiger partial charge in [-0.1, -0.05) is 68.1 Å². The summed E-state index contributed by atoms with van der Waals surface area (Å²) in [5.41, 5.74) is 9.64. The molecule has 0 bridgehead atoms. The van der Waals surface area contributed by atoms with E-state index in [-0.39, 0.29) is 5.84 Å². The number of amidine groups is 2. The highest BCUT2D eigenvalue weighted by molar-refractivity contribution is 8.14. The number of halogens is 3. The first-order chi connectivity index (χ1) is 18.7. The molecule has 1 fully saturated rings. The van der Waals surface area contributed by atoms with E-state index in [1.54, 1.807) is 30.1 Å². The molecule has 0 radical (unpaired) electrons. The van der Waals surface area contributed by atoms with Crippen LogP contribution in [0, 0.1) is 0 Å². The number of alkyl halides is 3. The molecule has 0 aromatic heterocycles. The summed E-state index contributed by atoms with van der Waals surface area (Å²) in [6.45, 7) is 5.29. The Labute approximate surface area is 230 Å². The molecular weight excluding hydrogens is 521 g/mol. The largest absolute Gasteiger partial charge is 0.416 e. The summed E-state index contributed by atoms with van der Waals surface area (Å²) in [6.07, 6.45) is -0.394. The van der Waals surface area contributed by atoms with Gasteiger partial charge in [-0.3, -0.25) is 0 Å². The normalized spacial score (nSPS) is 16.2. The van der Waals surface area contributed by atoms with E-state index in [9.17, 15) is 13.2 Å². The lowest BCUT2D eigenvalue weighted by Crippen LogP contribution is -2.34. The third-order valence-electron chi connectivity index (χ3n) is 5.99. The molecule has 4 rings (SSSR count). The summed E-state index contributed by atoms with van der Waals surface area (Å²) in [7, 11) is 0. The van der Waals surface area contributed by atoms with Crippen molar-refractivity contribution in [2.75, 3.05) is 17.2 Å². The first-order valence-electron chi connectivity index (χ1n) is 12.5. The Kier molecular flexibility index (Phi) is 9.19. The fourth-order valence-corrected chi connectivity index (χ4v) is 4.85. The number of rotatable bonds is 7. The second-order valence-corrected chi connectivity index (χ2v) is 10.2. The minimum atomic E-state index is -4.39. The highest BCUT2D eigenvalue weighted by Gasteiger charge is 2.29. The highest BCUT2D eigenvalue weighted by atomic mass is 32.2. The van der Waals surface area contributed by atoms with E-state index in [4.69, 9.17) is 5.73 Å². The van der Waals surface area contributed by atoms with E-state index >= 15 is 0 Å². The first kappa shape index (κ1) is 28.1. The summed E-state index contributed by atoms with van der Waals surface area (Å²) in [6, 6.07) is 20.2. The van der Waals surface area contributed by atoms with Crippen LogP contribution in [0.1, 0.15) is 48.4 Å². The molecule has 0 spiro atoms. The van der Waals surface area contributed by atoms with Crippen LogP contribution in [0.15, 0.2) is 93.0 Å². The Hall–Kier alpha value is -3.92. The Morgan fingerprint density at radius 3 is 2.41 bits per heavy atom. The van der Waals surface area contributed by atoms with Crippen LogP contribution in [0.2, 0.25) is 0 Å². The van der Waals surface area contributed by atoms with Gasteiger partial charge in [-0.25, -0.2) is 9.98 Å². The smallest absolute Gasteiger partial charge is 0.383 e. The van der Waals surface area contributed by atoms with Crippen LogP contribution in [0.3, 0.4) is 0 Å². The lowest BCUT2D eigenvalue weighted by molar-refractivity contribution is -0.137. The van der Waals surface area contributed by atoms with Crippen LogP contribution in [0.5, 0.6) is 0 Å². The number of anilines is 1. The topological polar surface area (TPSA) is 78.7 Å². The summed E-state index contributed by atoms with van der Waals surface area (Å²) in [4.78, 5) is 10.4. The second-order valence-electron chi connectivity index (χ2n) is 9.12. The van der Waals surface area contributed by atoms with Crippen molar-refractivity contribution in [1.29, 1.82) is 0 Å². The molecule has 3 aromatic carbocycles. The molecule has 0 saturated carbocycles. The van der Waals surface area contributed by atoms with Gasteiger partial charge in [-0.15, -0.1) is 5.10 Å². The number of hydrogen-bond acceptors (Lipinski definition) is 4. The minimum absolute atomic E-state index is 0.229. The predicted octanol–water partition coefficient (Wildman–Crippen LogP) is 7.23. The van der Waals surface area contributed by atoms with Crippen molar-refractivity contribution in [2.45, 2.75) is 32.4 Å². The fourth-order valence-electron chi connectivity index (χ4n) is 3.94. The summed E-state index contributed by atoms with van der Waals surface area (Å²) < 4.78 is 38.0. The molecule has 2 N–H and O–H groups in total. The van der Waals surface area contributed by atoms with Crippen molar-refractivity contribution in [3.8, 4) is 0 Å². The maximum Gasteiger partial charge on any atom is 0.416 e. The predicted molar refractivity (Wildman–Crippen MR) is 157 cm³/mol. The van der Waals surface area contributed by atoms with Gasteiger partial charge in [-0.2, -0.15) is 18.3 Å². The number of hydrogen-bond donors (Lipinski definition) is 1. The maximum atomic E-state index is 12.7. The Morgan fingerprint density at radius 1 is 1.00 bits per heavy atom. The Balaban J connectivity index is 1.41. The van der Waals surface area contributed by atoms with Gasteiger partial charge in [-0.05, 0) is 53.8 Å². The van der Waals surface area contributed by atoms with Crippen LogP contribution in [-0.4, -0.2) is 35.9 Å². The monoisotopic (exact) mass is 550 g/mol. The van der Waals surface area contributed by atoms with Gasteiger partial charge >= 0.3 is 6.18 Å². The molecule has 0 unspecified atom stereocenters. The second kappa shape index (κ2) is 12.8. The molecule has 6 nitrogen and oxygen atoms in total. The SMILES string of the molecule is CC(C)c1ccccc1N1CCCS/C1=N\N=C\c1ccc(C(N)=NC=Nc2ccc(C(F)(F)F)cc2)cc1. The highest BCUT2D eigenvalue weighted by Crippen LogP contribution is 2.32. The zero-order chi connectivity index (χ0) is 27.8. The Bertz CT molecular complexity index is 1380. The van der Waals surface area contributed by atoms with Crippen LogP contribution >= 0.6 is 11.8 Å². The molecule has 1 aliphatic rings. The van der Waals surface area contributed by atoms with Gasteiger partial charge in [0.1, 0.15) is 12.2 Å². The van der Waals surface area contributed by atoms with E-state index in [2.05, 4.69) is 63.2 Å². The van der Waals surface area contributed by atoms with E-state index in [1.165, 1.54) is 29.7 Å². The third kappa shape index (κ3) is 7.57. The quantitative estimate of drug-likeness (QED) is 0.192. The molecule has 39 heavy (non-hydrogen) atoms. The number of nitrogens with two attached hydrogens (primary N) is 1. The van der Waals surface area contributed by atoms with E-state index < -0.39 is 11.7 Å². The lowest BCUT2D eigenvalue weighted by Gasteiger charge is -2.31. The molecule has 0 atom stereocenters. The van der Waals surface area contributed by atoms with Crippen LogP contribution < -0.4 is 10.6 Å². The van der Waals surface area contributed by atoms with Crippen molar-refractivity contribution >= 4 is 46.7 Å². The molecule has 1 aliphatic heterocycles. The van der Waals surface area contributed by atoms with Crippen molar-refractivity contribution in [3.63, 3.8) is 0 Å². The average Bonchev–Trinajstić information content (AvgIpc) is 2.93. The lowest BCUT2D eigenvalue weighted by atomic mass is 10.0. The van der Waals surface area contributed by atoms with Crippen molar-refractivity contribution in [3.05, 3.63) is 95.1 Å². The first-order valence-corrected chi connectivity index (χ1v) is 13.4. The van der Waals surface area contributed by atoms with Crippen molar-refractivity contribution < 1.29 is 13.2 Å². The Morgan fingerprint density at radius 2 is 1.72 bits per heavy atom. The molecular formula is C29H29F3N6S. The standard InChI is InChI=1S/C29H29F3N6S/c1-20(2)25-6-3-4-7-26(25)38-16-5-17-39-28(38)37-36-18-21-8-10-22(11-9-21)27(33)35-19-34-24-14-12-23(13-15-24)29(30,31)32/h3-4,6-15,18-20H,5,16-17H2,1-2H3,(H2,33,34,35)/b36-18+,37-28-. The van der Waals surface area contributed by atoms with Crippen molar-refractivity contribution in [2.24, 2.45) is 25.9 Å². The number of nitrogens with zero attached hydrogens (tertiary/aromatic N) is 5. The van der Waals surface area contributed by atoms with E-state index in [1.807, 2.05) is 12.1 Å². The molecule has 0 aliphatic carbocycles. The molecule has 10 heteroatoms. The maximum absolute atomic E-state index is 12.7. The van der Waals surface area contributed by atoms with Gasteiger partial charge in [0.2, 0.25) is 0 Å².